The van der Waals surface area contributed by atoms with E-state index >= 15 is 0 Å². The van der Waals surface area contributed by atoms with Crippen molar-refractivity contribution in [2.75, 3.05) is 23.3 Å². The van der Waals surface area contributed by atoms with Gasteiger partial charge in [0.1, 0.15) is 22.8 Å². The van der Waals surface area contributed by atoms with E-state index in [9.17, 15) is 19.3 Å². The molecule has 1 aliphatic heterocycles. The lowest BCUT2D eigenvalue weighted by molar-refractivity contribution is -0.384. The summed E-state index contributed by atoms with van der Waals surface area (Å²) in [5, 5.41) is 14.5. The monoisotopic (exact) mass is 429 g/mol. The highest BCUT2D eigenvalue weighted by Gasteiger charge is 2.28. The summed E-state index contributed by atoms with van der Waals surface area (Å²) in [6.07, 6.45) is 2.73. The molecular weight excluding hydrogens is 409 g/mol. The van der Waals surface area contributed by atoms with Gasteiger partial charge in [0.25, 0.3) is 5.69 Å². The number of nitro benzene ring substituents is 1. The van der Waals surface area contributed by atoms with Crippen LogP contribution in [0.1, 0.15) is 23.3 Å². The molecule has 0 aliphatic carbocycles. The van der Waals surface area contributed by atoms with E-state index in [1.165, 1.54) is 10.4 Å². The van der Waals surface area contributed by atoms with E-state index in [0.717, 1.165) is 34.2 Å². The number of rotatable bonds is 4. The number of aryl methyl sites for hydroxylation is 2. The molecule has 0 saturated carbocycles. The molecule has 1 fully saturated rings. The summed E-state index contributed by atoms with van der Waals surface area (Å²) in [6.45, 7) is 5.40. The molecule has 0 spiro atoms. The first-order valence-corrected chi connectivity index (χ1v) is 10.4. The third kappa shape index (κ3) is 3.70. The second-order valence-electron chi connectivity index (χ2n) is 7.33. The predicted octanol–water partition coefficient (Wildman–Crippen LogP) is 4.21. The standard InChI is InChI=1S/C20H20FN5O3S/c1-11-12(2)30-20-17(11)18(22-10-23-20)25-7-5-13(6-8-25)19(27)24-16-9-14(26(28)29)3-4-15(16)21/h3-4,9-10,13H,5-8H2,1-2H3,(H,24,27). The molecule has 1 aromatic carbocycles. The van der Waals surface area contributed by atoms with E-state index in [-0.39, 0.29) is 23.2 Å². The Bertz CT molecular complexity index is 1140. The number of nitrogens with zero attached hydrogens (tertiary/aromatic N) is 4. The molecule has 1 saturated heterocycles. The molecule has 1 N–H and O–H groups in total. The number of nitro groups is 1. The Hall–Kier alpha value is -3.14. The summed E-state index contributed by atoms with van der Waals surface area (Å²) in [6, 6.07) is 3.10. The fourth-order valence-corrected chi connectivity index (χ4v) is 4.71. The first-order valence-electron chi connectivity index (χ1n) is 9.55. The van der Waals surface area contributed by atoms with Gasteiger partial charge in [-0.2, -0.15) is 0 Å². The quantitative estimate of drug-likeness (QED) is 0.492. The molecule has 3 heterocycles. The van der Waals surface area contributed by atoms with Gasteiger partial charge in [0, 0.05) is 36.0 Å². The number of hydrogen-bond acceptors (Lipinski definition) is 7. The van der Waals surface area contributed by atoms with Crippen LogP contribution in [0.4, 0.5) is 21.6 Å². The number of amides is 1. The van der Waals surface area contributed by atoms with E-state index in [0.29, 0.717) is 25.9 Å². The molecule has 0 unspecified atom stereocenters. The Morgan fingerprint density at radius 3 is 2.73 bits per heavy atom. The van der Waals surface area contributed by atoms with Gasteiger partial charge < -0.3 is 10.2 Å². The molecular formula is C20H20FN5O3S. The minimum atomic E-state index is -0.696. The van der Waals surface area contributed by atoms with Crippen molar-refractivity contribution < 1.29 is 14.1 Å². The van der Waals surface area contributed by atoms with Crippen LogP contribution in [0.2, 0.25) is 0 Å². The normalized spacial score (nSPS) is 14.8. The average molecular weight is 429 g/mol. The Kier molecular flexibility index (Phi) is 5.33. The van der Waals surface area contributed by atoms with Gasteiger partial charge in [0.05, 0.1) is 16.0 Å². The topological polar surface area (TPSA) is 101 Å². The molecule has 1 amide bonds. The van der Waals surface area contributed by atoms with Crippen LogP contribution < -0.4 is 10.2 Å². The maximum absolute atomic E-state index is 14.0. The summed E-state index contributed by atoms with van der Waals surface area (Å²) in [5.74, 6) is -0.449. The number of carbonyl (C=O) groups is 1. The van der Waals surface area contributed by atoms with Crippen LogP contribution >= 0.6 is 11.3 Å². The number of thiophene rings is 1. The van der Waals surface area contributed by atoms with Gasteiger partial charge in [-0.25, -0.2) is 14.4 Å². The Morgan fingerprint density at radius 2 is 2.03 bits per heavy atom. The summed E-state index contributed by atoms with van der Waals surface area (Å²) < 4.78 is 14.0. The molecule has 10 heteroatoms. The van der Waals surface area contributed by atoms with Gasteiger partial charge in [-0.15, -0.1) is 11.3 Å². The molecule has 8 nitrogen and oxygen atoms in total. The fraction of sp³-hybridized carbons (Fsp3) is 0.350. The number of fused-ring (bicyclic) bond motifs is 1. The lowest BCUT2D eigenvalue weighted by Crippen LogP contribution is -2.38. The summed E-state index contributed by atoms with van der Waals surface area (Å²) in [7, 11) is 0. The van der Waals surface area contributed by atoms with Crippen molar-refractivity contribution >= 4 is 44.7 Å². The maximum Gasteiger partial charge on any atom is 0.271 e. The largest absolute Gasteiger partial charge is 0.356 e. The van der Waals surface area contributed by atoms with Gasteiger partial charge in [0.2, 0.25) is 5.91 Å². The lowest BCUT2D eigenvalue weighted by Gasteiger charge is -2.32. The first-order chi connectivity index (χ1) is 14.3. The van der Waals surface area contributed by atoms with Gasteiger partial charge >= 0.3 is 0 Å². The van der Waals surface area contributed by atoms with E-state index in [2.05, 4.69) is 34.0 Å². The first kappa shape index (κ1) is 20.1. The third-order valence-electron chi connectivity index (χ3n) is 5.53. The maximum atomic E-state index is 14.0. The number of carbonyl (C=O) groups excluding carboxylic acids is 1. The number of nitrogens with one attached hydrogen (secondary N) is 1. The van der Waals surface area contributed by atoms with Crippen LogP contribution in [0.15, 0.2) is 24.5 Å². The smallest absolute Gasteiger partial charge is 0.271 e. The fourth-order valence-electron chi connectivity index (χ4n) is 3.71. The zero-order valence-electron chi connectivity index (χ0n) is 16.5. The molecule has 0 bridgehead atoms. The molecule has 2 aromatic heterocycles. The van der Waals surface area contributed by atoms with Gasteiger partial charge in [0.15, 0.2) is 0 Å². The highest BCUT2D eigenvalue weighted by Crippen LogP contribution is 2.35. The zero-order chi connectivity index (χ0) is 21.4. The Balaban J connectivity index is 1.46. The van der Waals surface area contributed by atoms with Gasteiger partial charge in [-0.1, -0.05) is 0 Å². The molecule has 3 aromatic rings. The van der Waals surface area contributed by atoms with Crippen LogP contribution in [-0.2, 0) is 4.79 Å². The Morgan fingerprint density at radius 1 is 1.30 bits per heavy atom. The molecule has 4 rings (SSSR count). The molecule has 0 atom stereocenters. The predicted molar refractivity (Wildman–Crippen MR) is 114 cm³/mol. The van der Waals surface area contributed by atoms with Crippen molar-refractivity contribution in [3.05, 3.63) is 50.9 Å². The third-order valence-corrected chi connectivity index (χ3v) is 6.64. The minimum absolute atomic E-state index is 0.168. The highest BCUT2D eigenvalue weighted by atomic mass is 32.1. The SMILES string of the molecule is Cc1sc2ncnc(N3CCC(C(=O)Nc4cc([N+](=O)[O-])ccc4F)CC3)c2c1C. The molecule has 0 radical (unpaired) electrons. The number of non-ortho nitro benzene ring substituents is 1. The lowest BCUT2D eigenvalue weighted by atomic mass is 9.95. The number of hydrogen-bond donors (Lipinski definition) is 1. The summed E-state index contributed by atoms with van der Waals surface area (Å²) >= 11 is 1.64. The average Bonchev–Trinajstić information content (AvgIpc) is 3.03. The van der Waals surface area contributed by atoms with Gasteiger partial charge in [-0.05, 0) is 38.3 Å². The second-order valence-corrected chi connectivity index (χ2v) is 8.54. The van der Waals surface area contributed by atoms with Crippen LogP contribution in [0.5, 0.6) is 0 Å². The number of piperidine rings is 1. The van der Waals surface area contributed by atoms with Crippen LogP contribution in [0.3, 0.4) is 0 Å². The van der Waals surface area contributed by atoms with Crippen LogP contribution in [0, 0.1) is 35.7 Å². The van der Waals surface area contributed by atoms with Crippen molar-refractivity contribution in [1.29, 1.82) is 0 Å². The minimum Gasteiger partial charge on any atom is -0.356 e. The van der Waals surface area contributed by atoms with E-state index in [1.807, 2.05) is 0 Å². The van der Waals surface area contributed by atoms with Crippen LogP contribution in [-0.4, -0.2) is 33.9 Å². The number of anilines is 2. The van der Waals surface area contributed by atoms with Crippen LogP contribution in [0.25, 0.3) is 10.2 Å². The summed E-state index contributed by atoms with van der Waals surface area (Å²) in [4.78, 5) is 36.1. The summed E-state index contributed by atoms with van der Waals surface area (Å²) in [5.41, 5.74) is 0.737. The van der Waals surface area contributed by atoms with E-state index < -0.39 is 10.7 Å². The van der Waals surface area contributed by atoms with Crippen molar-refractivity contribution in [3.8, 4) is 0 Å². The van der Waals surface area contributed by atoms with E-state index in [4.69, 9.17) is 0 Å². The zero-order valence-corrected chi connectivity index (χ0v) is 17.3. The number of benzene rings is 1. The molecule has 30 heavy (non-hydrogen) atoms. The van der Waals surface area contributed by atoms with Crippen molar-refractivity contribution in [1.82, 2.24) is 9.97 Å². The second kappa shape index (κ2) is 7.94. The molecule has 156 valence electrons. The van der Waals surface area contributed by atoms with Crippen molar-refractivity contribution in [3.63, 3.8) is 0 Å². The van der Waals surface area contributed by atoms with Gasteiger partial charge in [-0.3, -0.25) is 14.9 Å². The van der Waals surface area contributed by atoms with Crippen molar-refractivity contribution in [2.45, 2.75) is 26.7 Å². The number of halogens is 1. The molecule has 1 aliphatic rings. The number of aromatic nitrogens is 2. The highest BCUT2D eigenvalue weighted by molar-refractivity contribution is 7.18. The van der Waals surface area contributed by atoms with Crippen molar-refractivity contribution in [2.24, 2.45) is 5.92 Å². The Labute approximate surface area is 175 Å². The van der Waals surface area contributed by atoms with E-state index in [1.54, 1.807) is 17.7 Å².